The molecule has 0 saturated carbocycles. The third-order valence-electron chi connectivity index (χ3n) is 6.89. The van der Waals surface area contributed by atoms with Gasteiger partial charge in [-0.3, -0.25) is 14.9 Å². The van der Waals surface area contributed by atoms with E-state index in [9.17, 15) is 24.5 Å². The number of hydrogen-bond donors (Lipinski definition) is 0. The largest absolute Gasteiger partial charge is 0.515 e. The molecule has 2 aromatic heterocycles. The number of ether oxygens (including phenoxy) is 3. The fraction of sp³-hybridized carbons (Fsp3) is 0.185. The van der Waals surface area contributed by atoms with Crippen LogP contribution in [0.2, 0.25) is 0 Å². The molecule has 4 heterocycles. The van der Waals surface area contributed by atoms with Gasteiger partial charge < -0.3 is 18.8 Å². The fourth-order valence-corrected chi connectivity index (χ4v) is 4.98. The summed E-state index contributed by atoms with van der Waals surface area (Å²) >= 11 is 0. The molecule has 2 aliphatic heterocycles. The number of aromatic nitrogens is 2. The Morgan fingerprint density at radius 3 is 2.66 bits per heavy atom. The first-order chi connectivity index (χ1) is 18.3. The summed E-state index contributed by atoms with van der Waals surface area (Å²) in [7, 11) is 0. The highest BCUT2D eigenvalue weighted by molar-refractivity contribution is 5.88. The number of non-ortho nitro benzene ring substituents is 1. The Labute approximate surface area is 214 Å². The summed E-state index contributed by atoms with van der Waals surface area (Å²) in [6, 6.07) is 16.0. The van der Waals surface area contributed by atoms with Gasteiger partial charge >= 0.3 is 12.1 Å². The molecule has 0 unspecified atom stereocenters. The number of hydrogen-bond acceptors (Lipinski definition) is 9. The highest BCUT2D eigenvalue weighted by atomic mass is 16.7. The van der Waals surface area contributed by atoms with E-state index in [1.165, 1.54) is 24.3 Å². The van der Waals surface area contributed by atoms with Crippen molar-refractivity contribution in [1.29, 1.82) is 0 Å². The number of nitrogens with zero attached hydrogens (tertiary/aromatic N) is 3. The lowest BCUT2D eigenvalue weighted by molar-refractivity contribution is -0.384. The maximum Gasteiger partial charge on any atom is 0.515 e. The SMILES string of the molecule is CC[C@@]1(OC(=O)Oc2ccc([N+](=O)[O-])cc2)C(=O)OCc2c1cc1n(c2=O)Cc2cc3ccccc3nc2-1. The maximum absolute atomic E-state index is 13.6. The van der Waals surface area contributed by atoms with E-state index in [1.54, 1.807) is 17.6 Å². The summed E-state index contributed by atoms with van der Waals surface area (Å²) in [6.45, 7) is 1.67. The van der Waals surface area contributed by atoms with Gasteiger partial charge in [-0.1, -0.05) is 25.1 Å². The number of pyridine rings is 2. The average molecular weight is 513 g/mol. The normalized spacial score (nSPS) is 17.2. The molecule has 0 bridgehead atoms. The quantitative estimate of drug-likeness (QED) is 0.150. The molecule has 0 aliphatic carbocycles. The minimum absolute atomic E-state index is 0.0183. The van der Waals surface area contributed by atoms with Crippen LogP contribution in [0.1, 0.15) is 30.0 Å². The Bertz CT molecular complexity index is 1730. The van der Waals surface area contributed by atoms with E-state index in [0.717, 1.165) is 16.5 Å². The number of nitro groups is 1. The molecule has 4 aromatic rings. The predicted molar refractivity (Wildman–Crippen MR) is 133 cm³/mol. The van der Waals surface area contributed by atoms with Gasteiger partial charge in [0.15, 0.2) is 0 Å². The number of fused-ring (bicyclic) bond motifs is 5. The minimum atomic E-state index is -1.93. The van der Waals surface area contributed by atoms with Gasteiger partial charge in [0.25, 0.3) is 11.2 Å². The summed E-state index contributed by atoms with van der Waals surface area (Å²) in [4.78, 5) is 54.5. The Morgan fingerprint density at radius 1 is 1.16 bits per heavy atom. The standard InChI is InChI=1S/C27H19N3O8/c1-2-27(38-26(33)37-18-9-7-17(8-10-18)30(34)35)20-12-22-23-16(11-15-5-3-4-6-21(15)28-23)13-29(22)24(31)19(20)14-36-25(27)32/h3-12H,2,13-14H2,1H3/t27-/m0/s1. The number of nitro benzene ring substituents is 1. The van der Waals surface area contributed by atoms with Crippen molar-refractivity contribution in [1.82, 2.24) is 9.55 Å². The Hall–Kier alpha value is -5.06. The van der Waals surface area contributed by atoms with Crippen LogP contribution >= 0.6 is 0 Å². The van der Waals surface area contributed by atoms with Crippen molar-refractivity contribution in [2.24, 2.45) is 0 Å². The lowest BCUT2D eigenvalue weighted by atomic mass is 9.85. The van der Waals surface area contributed by atoms with Crippen LogP contribution in [0.4, 0.5) is 10.5 Å². The molecule has 2 aliphatic rings. The zero-order valence-corrected chi connectivity index (χ0v) is 20.0. The van der Waals surface area contributed by atoms with Gasteiger partial charge in [-0.2, -0.15) is 0 Å². The second kappa shape index (κ2) is 8.51. The van der Waals surface area contributed by atoms with E-state index < -0.39 is 22.6 Å². The number of rotatable bonds is 4. The molecule has 0 spiro atoms. The monoisotopic (exact) mass is 513 g/mol. The molecule has 0 amide bonds. The molecule has 0 fully saturated rings. The third kappa shape index (κ3) is 3.51. The minimum Gasteiger partial charge on any atom is -0.457 e. The van der Waals surface area contributed by atoms with Crippen molar-refractivity contribution >= 4 is 28.7 Å². The second-order valence-corrected chi connectivity index (χ2v) is 8.96. The number of carbonyl (C=O) groups excluding carboxylic acids is 2. The third-order valence-corrected chi connectivity index (χ3v) is 6.89. The molecule has 190 valence electrons. The molecule has 0 N–H and O–H groups in total. The smallest absolute Gasteiger partial charge is 0.457 e. The first-order valence-electron chi connectivity index (χ1n) is 11.8. The van der Waals surface area contributed by atoms with Gasteiger partial charge in [0.1, 0.15) is 12.4 Å². The van der Waals surface area contributed by atoms with Crippen LogP contribution in [0.5, 0.6) is 5.75 Å². The molecule has 0 saturated heterocycles. The second-order valence-electron chi connectivity index (χ2n) is 8.96. The van der Waals surface area contributed by atoms with E-state index in [2.05, 4.69) is 0 Å². The molecular weight excluding hydrogens is 494 g/mol. The number of para-hydroxylation sites is 1. The number of esters is 1. The molecule has 6 rings (SSSR count). The Balaban J connectivity index is 1.41. The van der Waals surface area contributed by atoms with Crippen LogP contribution in [0.15, 0.2) is 65.5 Å². The lowest BCUT2D eigenvalue weighted by Crippen LogP contribution is -2.47. The summed E-state index contributed by atoms with van der Waals surface area (Å²) < 4.78 is 17.6. The first-order valence-corrected chi connectivity index (χ1v) is 11.8. The molecule has 38 heavy (non-hydrogen) atoms. The van der Waals surface area contributed by atoms with Crippen molar-refractivity contribution in [2.75, 3.05) is 0 Å². The van der Waals surface area contributed by atoms with Crippen molar-refractivity contribution in [2.45, 2.75) is 32.1 Å². The van der Waals surface area contributed by atoms with Crippen molar-refractivity contribution in [3.8, 4) is 17.1 Å². The predicted octanol–water partition coefficient (Wildman–Crippen LogP) is 4.21. The van der Waals surface area contributed by atoms with Gasteiger partial charge in [-0.15, -0.1) is 0 Å². The topological polar surface area (TPSA) is 140 Å². The Kier molecular flexibility index (Phi) is 5.23. The molecular formula is C27H19N3O8. The average Bonchev–Trinajstić information content (AvgIpc) is 3.27. The highest BCUT2D eigenvalue weighted by Crippen LogP contribution is 2.41. The van der Waals surface area contributed by atoms with E-state index in [0.29, 0.717) is 17.9 Å². The van der Waals surface area contributed by atoms with Gasteiger partial charge in [-0.05, 0) is 36.8 Å². The number of benzene rings is 2. The van der Waals surface area contributed by atoms with Crippen molar-refractivity contribution < 1.29 is 28.7 Å². The zero-order chi connectivity index (χ0) is 26.6. The molecule has 1 atom stereocenters. The molecule has 11 heteroatoms. The van der Waals surface area contributed by atoms with E-state index in [1.807, 2.05) is 30.3 Å². The van der Waals surface area contributed by atoms with Crippen LogP contribution < -0.4 is 10.3 Å². The first kappa shape index (κ1) is 23.3. The lowest BCUT2D eigenvalue weighted by Gasteiger charge is -2.35. The Morgan fingerprint density at radius 2 is 1.92 bits per heavy atom. The number of cyclic esters (lactones) is 1. The molecule has 2 aromatic carbocycles. The van der Waals surface area contributed by atoms with Crippen LogP contribution in [-0.4, -0.2) is 26.6 Å². The van der Waals surface area contributed by atoms with E-state index >= 15 is 0 Å². The summed E-state index contributed by atoms with van der Waals surface area (Å²) in [5.74, 6) is -0.850. The van der Waals surface area contributed by atoms with E-state index in [4.69, 9.17) is 19.2 Å². The molecule has 11 nitrogen and oxygen atoms in total. The molecule has 0 radical (unpaired) electrons. The van der Waals surface area contributed by atoms with Gasteiger partial charge in [0.2, 0.25) is 5.60 Å². The van der Waals surface area contributed by atoms with Crippen molar-refractivity contribution in [3.63, 3.8) is 0 Å². The van der Waals surface area contributed by atoms with E-state index in [-0.39, 0.29) is 41.2 Å². The van der Waals surface area contributed by atoms with Crippen LogP contribution in [0.25, 0.3) is 22.3 Å². The summed E-state index contributed by atoms with van der Waals surface area (Å²) in [6.07, 6.45) is -1.26. The summed E-state index contributed by atoms with van der Waals surface area (Å²) in [5.41, 5.74) is 0.681. The van der Waals surface area contributed by atoms with Gasteiger partial charge in [0.05, 0.1) is 33.9 Å². The van der Waals surface area contributed by atoms with Gasteiger partial charge in [0, 0.05) is 28.6 Å². The van der Waals surface area contributed by atoms with Gasteiger partial charge in [-0.25, -0.2) is 14.6 Å². The highest BCUT2D eigenvalue weighted by Gasteiger charge is 2.51. The van der Waals surface area contributed by atoms with Crippen molar-refractivity contribution in [3.05, 3.63) is 97.8 Å². The van der Waals surface area contributed by atoms with Crippen LogP contribution in [0.3, 0.4) is 0 Å². The maximum atomic E-state index is 13.6. The zero-order valence-electron chi connectivity index (χ0n) is 20.0. The number of carbonyl (C=O) groups is 2. The van der Waals surface area contributed by atoms with Crippen LogP contribution in [0, 0.1) is 10.1 Å². The summed E-state index contributed by atoms with van der Waals surface area (Å²) in [5, 5.41) is 11.8. The van der Waals surface area contributed by atoms with Crippen LogP contribution in [-0.2, 0) is 33.0 Å². The fourth-order valence-electron chi connectivity index (χ4n) is 4.98.